The highest BCUT2D eigenvalue weighted by Crippen LogP contribution is 2.38. The van der Waals surface area contributed by atoms with Gasteiger partial charge in [-0.3, -0.25) is 4.79 Å². The Kier molecular flexibility index (Phi) is 4.11. The van der Waals surface area contributed by atoms with Crippen LogP contribution in [0.2, 0.25) is 0 Å². The van der Waals surface area contributed by atoms with Crippen LogP contribution in [-0.2, 0) is 6.18 Å². The van der Waals surface area contributed by atoms with E-state index in [9.17, 15) is 18.0 Å². The zero-order chi connectivity index (χ0) is 16.4. The summed E-state index contributed by atoms with van der Waals surface area (Å²) in [7, 11) is 0. The largest absolute Gasteiger partial charge is 0.418 e. The zero-order valence-electron chi connectivity index (χ0n) is 12.3. The van der Waals surface area contributed by atoms with Crippen molar-refractivity contribution in [2.24, 2.45) is 0 Å². The van der Waals surface area contributed by atoms with Crippen molar-refractivity contribution in [3.63, 3.8) is 0 Å². The first kappa shape index (κ1) is 15.6. The van der Waals surface area contributed by atoms with E-state index < -0.39 is 17.3 Å². The van der Waals surface area contributed by atoms with Gasteiger partial charge in [0.15, 0.2) is 0 Å². The average molecular weight is 323 g/mol. The number of rotatable bonds is 3. The molecular weight excluding hydrogens is 307 g/mol. The van der Waals surface area contributed by atoms with Gasteiger partial charge in [-0.05, 0) is 31.0 Å². The summed E-state index contributed by atoms with van der Waals surface area (Å²) < 4.78 is 40.1. The highest BCUT2D eigenvalue weighted by atomic mass is 19.4. The van der Waals surface area contributed by atoms with Crippen LogP contribution in [0.1, 0.15) is 31.2 Å². The molecular formula is C16H16F3N3O. The molecule has 0 aliphatic heterocycles. The summed E-state index contributed by atoms with van der Waals surface area (Å²) in [6.07, 6.45) is -0.600. The van der Waals surface area contributed by atoms with Crippen LogP contribution < -0.4 is 10.9 Å². The summed E-state index contributed by atoms with van der Waals surface area (Å²) in [4.78, 5) is 11.0. The van der Waals surface area contributed by atoms with Gasteiger partial charge >= 0.3 is 6.18 Å². The first-order valence-electron chi connectivity index (χ1n) is 7.47. The van der Waals surface area contributed by atoms with E-state index in [2.05, 4.69) is 15.5 Å². The number of benzene rings is 1. The lowest BCUT2D eigenvalue weighted by molar-refractivity contribution is -0.136. The summed E-state index contributed by atoms with van der Waals surface area (Å²) in [5.74, 6) is 0. The molecule has 23 heavy (non-hydrogen) atoms. The topological polar surface area (TPSA) is 57.8 Å². The molecule has 0 bridgehead atoms. The van der Waals surface area contributed by atoms with Crippen molar-refractivity contribution in [2.75, 3.05) is 5.32 Å². The smallest absolute Gasteiger partial charge is 0.382 e. The Labute approximate surface area is 130 Å². The summed E-state index contributed by atoms with van der Waals surface area (Å²) in [5, 5.41) is 9.01. The average Bonchev–Trinajstić information content (AvgIpc) is 3.00. The van der Waals surface area contributed by atoms with Crippen molar-refractivity contribution in [2.45, 2.75) is 37.9 Å². The molecule has 2 N–H and O–H groups in total. The minimum absolute atomic E-state index is 0.0909. The maximum Gasteiger partial charge on any atom is 0.418 e. The Hall–Kier alpha value is -2.31. The molecule has 2 aromatic rings. The van der Waals surface area contributed by atoms with E-state index in [4.69, 9.17) is 0 Å². The van der Waals surface area contributed by atoms with Crippen molar-refractivity contribution < 1.29 is 13.2 Å². The van der Waals surface area contributed by atoms with Crippen molar-refractivity contribution >= 4 is 5.69 Å². The second-order valence-electron chi connectivity index (χ2n) is 5.69. The van der Waals surface area contributed by atoms with E-state index in [1.807, 2.05) is 0 Å². The number of aromatic amines is 1. The molecule has 1 aliphatic rings. The Morgan fingerprint density at radius 2 is 1.87 bits per heavy atom. The van der Waals surface area contributed by atoms with Crippen molar-refractivity contribution in [3.05, 3.63) is 46.2 Å². The number of nitrogens with zero attached hydrogens (tertiary/aromatic N) is 1. The Balaban J connectivity index is 1.97. The van der Waals surface area contributed by atoms with Gasteiger partial charge in [0.05, 0.1) is 11.3 Å². The summed E-state index contributed by atoms with van der Waals surface area (Å²) in [6, 6.07) is 6.81. The van der Waals surface area contributed by atoms with Crippen LogP contribution in [0.15, 0.2) is 35.1 Å². The van der Waals surface area contributed by atoms with Gasteiger partial charge in [0, 0.05) is 23.4 Å². The van der Waals surface area contributed by atoms with Gasteiger partial charge in [-0.25, -0.2) is 5.10 Å². The van der Waals surface area contributed by atoms with Gasteiger partial charge in [-0.15, -0.1) is 0 Å². The minimum atomic E-state index is -4.46. The van der Waals surface area contributed by atoms with Gasteiger partial charge in [0.1, 0.15) is 0 Å². The highest BCUT2D eigenvalue weighted by molar-refractivity contribution is 5.66. The zero-order valence-corrected chi connectivity index (χ0v) is 12.3. The molecule has 1 aromatic heterocycles. The van der Waals surface area contributed by atoms with Crippen LogP contribution in [-0.4, -0.2) is 16.2 Å². The van der Waals surface area contributed by atoms with Crippen LogP contribution in [0.4, 0.5) is 18.9 Å². The highest BCUT2D eigenvalue weighted by Gasteiger charge is 2.34. The lowest BCUT2D eigenvalue weighted by Gasteiger charge is -2.19. The van der Waals surface area contributed by atoms with Gasteiger partial charge in [-0.1, -0.05) is 18.9 Å². The molecule has 0 atom stereocenters. The fourth-order valence-electron chi connectivity index (χ4n) is 2.86. The molecule has 0 amide bonds. The number of hydrogen-bond donors (Lipinski definition) is 2. The van der Waals surface area contributed by atoms with Crippen molar-refractivity contribution in [3.8, 4) is 11.3 Å². The van der Waals surface area contributed by atoms with Gasteiger partial charge < -0.3 is 5.32 Å². The molecule has 0 spiro atoms. The first-order valence-corrected chi connectivity index (χ1v) is 7.47. The number of aromatic nitrogens is 2. The monoisotopic (exact) mass is 323 g/mol. The molecule has 122 valence electrons. The third kappa shape index (κ3) is 3.55. The maximum atomic E-state index is 13.4. The molecule has 0 saturated heterocycles. The molecule has 1 aliphatic carbocycles. The Bertz CT molecular complexity index is 728. The van der Waals surface area contributed by atoms with E-state index in [1.165, 1.54) is 18.2 Å². The number of H-pyrrole nitrogens is 1. The predicted molar refractivity (Wildman–Crippen MR) is 81.2 cm³/mol. The molecule has 4 nitrogen and oxygen atoms in total. The van der Waals surface area contributed by atoms with Gasteiger partial charge in [0.2, 0.25) is 0 Å². The standard InChI is InChI=1S/C16H16F3N3O/c17-16(18,19)12-9-10(13-7-8-15(23)22-21-13)5-6-14(12)20-11-3-1-2-4-11/h5-9,11,20H,1-4H2,(H,22,23). The minimum Gasteiger partial charge on any atom is -0.382 e. The summed E-state index contributed by atoms with van der Waals surface area (Å²) >= 11 is 0. The first-order chi connectivity index (χ1) is 10.9. The van der Waals surface area contributed by atoms with Crippen LogP contribution in [0.25, 0.3) is 11.3 Å². The molecule has 0 unspecified atom stereocenters. The fourth-order valence-corrected chi connectivity index (χ4v) is 2.86. The number of nitrogens with one attached hydrogen (secondary N) is 2. The van der Waals surface area contributed by atoms with Gasteiger partial charge in [-0.2, -0.15) is 18.3 Å². The second kappa shape index (κ2) is 6.06. The number of alkyl halides is 3. The molecule has 1 heterocycles. The van der Waals surface area contributed by atoms with Crippen LogP contribution in [0, 0.1) is 0 Å². The van der Waals surface area contributed by atoms with E-state index in [0.29, 0.717) is 11.3 Å². The molecule has 1 fully saturated rings. The third-order valence-corrected chi connectivity index (χ3v) is 4.01. The number of halogens is 3. The Morgan fingerprint density at radius 1 is 1.13 bits per heavy atom. The maximum absolute atomic E-state index is 13.4. The van der Waals surface area contributed by atoms with Crippen LogP contribution in [0.5, 0.6) is 0 Å². The Morgan fingerprint density at radius 3 is 2.48 bits per heavy atom. The van der Waals surface area contributed by atoms with Crippen molar-refractivity contribution in [1.29, 1.82) is 0 Å². The predicted octanol–water partition coefficient (Wildman–Crippen LogP) is 3.81. The molecule has 1 aromatic carbocycles. The third-order valence-electron chi connectivity index (χ3n) is 4.01. The lowest BCUT2D eigenvalue weighted by Crippen LogP contribution is -2.18. The van der Waals surface area contributed by atoms with E-state index in [1.54, 1.807) is 6.07 Å². The fraction of sp³-hybridized carbons (Fsp3) is 0.375. The number of hydrogen-bond acceptors (Lipinski definition) is 3. The normalized spacial score (nSPS) is 15.8. The molecule has 3 rings (SSSR count). The number of anilines is 1. The van der Waals surface area contributed by atoms with E-state index >= 15 is 0 Å². The van der Waals surface area contributed by atoms with Crippen molar-refractivity contribution in [1.82, 2.24) is 10.2 Å². The quantitative estimate of drug-likeness (QED) is 0.903. The summed E-state index contributed by atoms with van der Waals surface area (Å²) in [6.45, 7) is 0. The van der Waals surface area contributed by atoms with Crippen LogP contribution in [0.3, 0.4) is 0 Å². The lowest BCUT2D eigenvalue weighted by atomic mass is 10.0. The summed E-state index contributed by atoms with van der Waals surface area (Å²) in [5.41, 5.74) is -0.412. The van der Waals surface area contributed by atoms with Gasteiger partial charge in [0.25, 0.3) is 5.56 Å². The molecule has 7 heteroatoms. The van der Waals surface area contributed by atoms with E-state index in [-0.39, 0.29) is 11.7 Å². The SMILES string of the molecule is O=c1ccc(-c2ccc(NC3CCCC3)c(C(F)(F)F)c2)n[nH]1. The van der Waals surface area contributed by atoms with E-state index in [0.717, 1.165) is 31.7 Å². The molecule has 0 radical (unpaired) electrons. The second-order valence-corrected chi connectivity index (χ2v) is 5.69. The molecule has 1 saturated carbocycles. The van der Waals surface area contributed by atoms with Crippen LogP contribution >= 0.6 is 0 Å².